The molecule has 6 nitrogen and oxygen atoms in total. The van der Waals surface area contributed by atoms with Gasteiger partial charge in [-0.3, -0.25) is 19.1 Å². The lowest BCUT2D eigenvalue weighted by atomic mass is 10.2. The van der Waals surface area contributed by atoms with Crippen LogP contribution >= 0.6 is 15.9 Å². The normalized spacial score (nSPS) is 12.2. The van der Waals surface area contributed by atoms with E-state index in [9.17, 15) is 14.4 Å². The number of carbonyl (C=O) groups excluding carboxylic acids is 1. The molecule has 0 aliphatic heterocycles. The summed E-state index contributed by atoms with van der Waals surface area (Å²) in [6, 6.07) is 0.0735. The van der Waals surface area contributed by atoms with Crippen LogP contribution in [0.4, 0.5) is 0 Å². The third-order valence-electron chi connectivity index (χ3n) is 2.41. The Hall–Kier alpha value is -1.37. The van der Waals surface area contributed by atoms with Crippen LogP contribution in [-0.4, -0.2) is 21.5 Å². The lowest BCUT2D eigenvalue weighted by Crippen LogP contribution is -2.39. The summed E-state index contributed by atoms with van der Waals surface area (Å²) in [6.45, 7) is 3.83. The summed E-state index contributed by atoms with van der Waals surface area (Å²) < 4.78 is 1.37. The largest absolute Gasteiger partial charge is 0.352 e. The average molecular weight is 318 g/mol. The van der Waals surface area contributed by atoms with Crippen molar-refractivity contribution in [2.75, 3.05) is 0 Å². The zero-order valence-corrected chi connectivity index (χ0v) is 11.9. The van der Waals surface area contributed by atoms with Crippen molar-refractivity contribution in [3.05, 3.63) is 31.5 Å². The van der Waals surface area contributed by atoms with Crippen LogP contribution in [0.2, 0.25) is 0 Å². The second-order valence-corrected chi connectivity index (χ2v) is 4.98. The quantitative estimate of drug-likeness (QED) is 0.834. The number of nitrogens with zero attached hydrogens (tertiary/aromatic N) is 1. The molecule has 1 heterocycles. The monoisotopic (exact) mass is 317 g/mol. The number of hydrogen-bond donors (Lipinski definition) is 2. The number of nitrogens with one attached hydrogen (secondary N) is 2. The lowest BCUT2D eigenvalue weighted by molar-refractivity contribution is -0.122. The average Bonchev–Trinajstić information content (AvgIpc) is 2.26. The number of hydrogen-bond acceptors (Lipinski definition) is 3. The highest BCUT2D eigenvalue weighted by Crippen LogP contribution is 1.98. The van der Waals surface area contributed by atoms with E-state index >= 15 is 0 Å². The van der Waals surface area contributed by atoms with E-state index < -0.39 is 11.2 Å². The zero-order chi connectivity index (χ0) is 13.7. The van der Waals surface area contributed by atoms with Crippen molar-refractivity contribution in [3.8, 4) is 0 Å². The molecule has 0 saturated carbocycles. The molecule has 0 aliphatic rings. The first-order valence-electron chi connectivity index (χ1n) is 5.72. The topological polar surface area (TPSA) is 84.0 Å². The Labute approximate surface area is 113 Å². The molecule has 7 heteroatoms. The molecule has 0 spiro atoms. The minimum Gasteiger partial charge on any atom is -0.352 e. The van der Waals surface area contributed by atoms with Gasteiger partial charge in [-0.2, -0.15) is 0 Å². The number of H-pyrrole nitrogens is 1. The Morgan fingerprint density at radius 3 is 2.83 bits per heavy atom. The maximum Gasteiger partial charge on any atom is 0.328 e. The lowest BCUT2D eigenvalue weighted by Gasteiger charge is -2.13. The highest BCUT2D eigenvalue weighted by Gasteiger charge is 2.09. The van der Waals surface area contributed by atoms with Gasteiger partial charge in [0.2, 0.25) is 5.91 Å². The van der Waals surface area contributed by atoms with E-state index in [1.54, 1.807) is 0 Å². The van der Waals surface area contributed by atoms with Crippen LogP contribution in [0.3, 0.4) is 0 Å². The van der Waals surface area contributed by atoms with Crippen molar-refractivity contribution in [1.82, 2.24) is 14.9 Å². The fourth-order valence-corrected chi connectivity index (χ4v) is 1.93. The summed E-state index contributed by atoms with van der Waals surface area (Å²) in [5.74, 6) is -0.253. The number of halogens is 1. The van der Waals surface area contributed by atoms with E-state index in [-0.39, 0.29) is 23.0 Å². The first-order valence-corrected chi connectivity index (χ1v) is 6.52. The second kappa shape index (κ2) is 6.53. The molecule has 0 radical (unpaired) electrons. The van der Waals surface area contributed by atoms with Gasteiger partial charge in [0, 0.05) is 12.2 Å². The van der Waals surface area contributed by atoms with Crippen LogP contribution < -0.4 is 16.6 Å². The molecule has 1 atom stereocenters. The molecular formula is C11H16BrN3O3. The molecule has 1 aromatic heterocycles. The zero-order valence-electron chi connectivity index (χ0n) is 10.3. The number of aromatic nitrogens is 2. The van der Waals surface area contributed by atoms with Crippen molar-refractivity contribution < 1.29 is 4.79 Å². The molecule has 0 bridgehead atoms. The summed E-state index contributed by atoms with van der Waals surface area (Å²) in [5.41, 5.74) is -1.10. The van der Waals surface area contributed by atoms with E-state index in [0.717, 1.165) is 17.4 Å². The summed E-state index contributed by atoms with van der Waals surface area (Å²) in [5, 5.41) is 2.78. The smallest absolute Gasteiger partial charge is 0.328 e. The van der Waals surface area contributed by atoms with Gasteiger partial charge in [-0.1, -0.05) is 13.3 Å². The Morgan fingerprint density at radius 1 is 1.56 bits per heavy atom. The fourth-order valence-electron chi connectivity index (χ4n) is 1.58. The first-order chi connectivity index (χ1) is 8.43. The maximum atomic E-state index is 11.7. The van der Waals surface area contributed by atoms with E-state index in [1.165, 1.54) is 6.20 Å². The predicted molar refractivity (Wildman–Crippen MR) is 71.5 cm³/mol. The van der Waals surface area contributed by atoms with Gasteiger partial charge in [-0.05, 0) is 29.3 Å². The molecule has 0 aliphatic carbocycles. The molecule has 1 unspecified atom stereocenters. The van der Waals surface area contributed by atoms with Crippen molar-refractivity contribution in [2.45, 2.75) is 39.3 Å². The van der Waals surface area contributed by atoms with Crippen molar-refractivity contribution >= 4 is 21.8 Å². The fraction of sp³-hybridized carbons (Fsp3) is 0.545. The highest BCUT2D eigenvalue weighted by molar-refractivity contribution is 9.10. The first kappa shape index (κ1) is 14.7. The van der Waals surface area contributed by atoms with Crippen molar-refractivity contribution in [2.24, 2.45) is 0 Å². The molecule has 18 heavy (non-hydrogen) atoms. The SMILES string of the molecule is CCCC(C)NC(=O)Cn1cc(Br)c(=O)[nH]c1=O. The van der Waals surface area contributed by atoms with Gasteiger partial charge in [0.15, 0.2) is 0 Å². The highest BCUT2D eigenvalue weighted by atomic mass is 79.9. The predicted octanol–water partition coefficient (Wildman–Crippen LogP) is 0.604. The molecule has 0 fully saturated rings. The summed E-state index contributed by atoms with van der Waals surface area (Å²) in [6.07, 6.45) is 3.17. The number of aromatic amines is 1. The van der Waals surface area contributed by atoms with E-state index in [0.29, 0.717) is 0 Å². The van der Waals surface area contributed by atoms with E-state index in [4.69, 9.17) is 0 Å². The number of amides is 1. The standard InChI is InChI=1S/C11H16BrN3O3/c1-3-4-7(2)13-9(16)6-15-5-8(12)10(17)14-11(15)18/h5,7H,3-4,6H2,1-2H3,(H,13,16)(H,14,17,18). The van der Waals surface area contributed by atoms with Crippen LogP contribution in [-0.2, 0) is 11.3 Å². The Bertz CT molecular complexity index is 535. The summed E-state index contributed by atoms with van der Waals surface area (Å²) >= 11 is 3.01. The van der Waals surface area contributed by atoms with Gasteiger partial charge >= 0.3 is 5.69 Å². The van der Waals surface area contributed by atoms with Gasteiger partial charge in [0.25, 0.3) is 5.56 Å². The third-order valence-corrected chi connectivity index (χ3v) is 2.98. The summed E-state index contributed by atoms with van der Waals surface area (Å²) in [4.78, 5) is 36.4. The molecule has 1 aromatic rings. The molecule has 1 amide bonds. The molecule has 100 valence electrons. The van der Waals surface area contributed by atoms with Gasteiger partial charge in [0.05, 0.1) is 4.47 Å². The van der Waals surface area contributed by atoms with Crippen LogP contribution in [0.1, 0.15) is 26.7 Å². The number of carbonyl (C=O) groups is 1. The molecule has 1 rings (SSSR count). The number of rotatable bonds is 5. The van der Waals surface area contributed by atoms with Gasteiger partial charge in [-0.15, -0.1) is 0 Å². The van der Waals surface area contributed by atoms with Crippen LogP contribution in [0.5, 0.6) is 0 Å². The second-order valence-electron chi connectivity index (χ2n) is 4.12. The molecule has 2 N–H and O–H groups in total. The van der Waals surface area contributed by atoms with Gasteiger partial charge in [-0.25, -0.2) is 4.79 Å². The van der Waals surface area contributed by atoms with Gasteiger partial charge in [0.1, 0.15) is 6.54 Å². The Morgan fingerprint density at radius 2 is 2.22 bits per heavy atom. The minimum absolute atomic E-state index is 0.0735. The van der Waals surface area contributed by atoms with Crippen LogP contribution in [0, 0.1) is 0 Å². The molecular weight excluding hydrogens is 302 g/mol. The summed E-state index contributed by atoms with van der Waals surface area (Å²) in [7, 11) is 0. The van der Waals surface area contributed by atoms with E-state index in [2.05, 4.69) is 26.2 Å². The van der Waals surface area contributed by atoms with Crippen molar-refractivity contribution in [3.63, 3.8) is 0 Å². The third kappa shape index (κ3) is 4.14. The maximum absolute atomic E-state index is 11.7. The minimum atomic E-state index is -0.596. The van der Waals surface area contributed by atoms with Crippen molar-refractivity contribution in [1.29, 1.82) is 0 Å². The van der Waals surface area contributed by atoms with Crippen LogP contribution in [0.15, 0.2) is 20.3 Å². The van der Waals surface area contributed by atoms with Gasteiger partial charge < -0.3 is 5.32 Å². The Kier molecular flexibility index (Phi) is 5.33. The molecule has 0 aromatic carbocycles. The molecule has 0 saturated heterocycles. The van der Waals surface area contributed by atoms with E-state index in [1.807, 2.05) is 13.8 Å². The van der Waals surface area contributed by atoms with Crippen LogP contribution in [0.25, 0.3) is 0 Å². The Balaban J connectivity index is 2.74.